The van der Waals surface area contributed by atoms with Crippen molar-refractivity contribution in [2.45, 2.75) is 19.8 Å². The zero-order chi connectivity index (χ0) is 20.2. The van der Waals surface area contributed by atoms with Crippen LogP contribution in [0.25, 0.3) is 0 Å². The number of hydrogen-bond donors (Lipinski definition) is 1. The van der Waals surface area contributed by atoms with Crippen molar-refractivity contribution in [3.05, 3.63) is 28.8 Å². The van der Waals surface area contributed by atoms with E-state index >= 15 is 0 Å². The molecule has 150 valence electrons. The van der Waals surface area contributed by atoms with Gasteiger partial charge in [0.05, 0.1) is 23.1 Å². The summed E-state index contributed by atoms with van der Waals surface area (Å²) in [5.41, 5.74) is 0.656. The van der Waals surface area contributed by atoms with Crippen LogP contribution in [0.4, 0.5) is 5.69 Å². The lowest BCUT2D eigenvalue weighted by molar-refractivity contribution is -0.120. The van der Waals surface area contributed by atoms with E-state index in [1.165, 1.54) is 30.5 Å². The first-order chi connectivity index (χ1) is 12.7. The summed E-state index contributed by atoms with van der Waals surface area (Å²) in [5, 5.41) is 2.91. The van der Waals surface area contributed by atoms with E-state index in [1.807, 2.05) is 0 Å². The number of nitrogens with zero attached hydrogens (tertiary/aromatic N) is 2. The van der Waals surface area contributed by atoms with Gasteiger partial charge in [-0.2, -0.15) is 17.0 Å². The summed E-state index contributed by atoms with van der Waals surface area (Å²) < 4.78 is 31.9. The van der Waals surface area contributed by atoms with Crippen LogP contribution in [0, 0.1) is 5.92 Å². The van der Waals surface area contributed by atoms with Crippen LogP contribution in [0.2, 0.25) is 5.02 Å². The number of halogens is 1. The summed E-state index contributed by atoms with van der Waals surface area (Å²) in [6.45, 7) is 2.46. The molecule has 1 saturated heterocycles. The van der Waals surface area contributed by atoms with Crippen LogP contribution >= 0.6 is 11.6 Å². The number of carbonyl (C=O) groups is 2. The maximum absolute atomic E-state index is 12.6. The number of benzene rings is 1. The van der Waals surface area contributed by atoms with Crippen LogP contribution < -0.4 is 5.32 Å². The maximum atomic E-state index is 12.6. The second-order valence-electron chi connectivity index (χ2n) is 6.39. The molecule has 1 heterocycles. The van der Waals surface area contributed by atoms with Crippen molar-refractivity contribution in [3.8, 4) is 0 Å². The van der Waals surface area contributed by atoms with Crippen LogP contribution in [0.1, 0.15) is 30.1 Å². The number of amides is 1. The fourth-order valence-electron chi connectivity index (χ4n) is 2.81. The molecule has 1 aromatic carbocycles. The van der Waals surface area contributed by atoms with Gasteiger partial charge in [0.15, 0.2) is 0 Å². The highest BCUT2D eigenvalue weighted by molar-refractivity contribution is 7.86. The molecule has 0 aromatic heterocycles. The SMILES string of the molecule is CCOC(=O)c1ccc(NC(=O)C2CCCN(S(=O)(=O)N(C)C)C2)cc1Cl. The molecular weight excluding hydrogens is 394 g/mol. The van der Waals surface area contributed by atoms with Crippen molar-refractivity contribution in [2.24, 2.45) is 5.92 Å². The van der Waals surface area contributed by atoms with E-state index < -0.39 is 22.1 Å². The molecule has 0 radical (unpaired) electrons. The molecule has 0 aliphatic carbocycles. The molecule has 2 rings (SSSR count). The number of anilines is 1. The van der Waals surface area contributed by atoms with E-state index in [-0.39, 0.29) is 29.6 Å². The summed E-state index contributed by atoms with van der Waals surface area (Å²) in [4.78, 5) is 24.3. The quantitative estimate of drug-likeness (QED) is 0.714. The van der Waals surface area contributed by atoms with Crippen molar-refractivity contribution in [1.29, 1.82) is 0 Å². The highest BCUT2D eigenvalue weighted by Gasteiger charge is 2.33. The van der Waals surface area contributed by atoms with Gasteiger partial charge >= 0.3 is 5.97 Å². The Labute approximate surface area is 164 Å². The molecule has 0 bridgehead atoms. The van der Waals surface area contributed by atoms with E-state index in [4.69, 9.17) is 16.3 Å². The first-order valence-corrected chi connectivity index (χ1v) is 10.4. The second kappa shape index (κ2) is 9.01. The Morgan fingerprint density at radius 1 is 1.37 bits per heavy atom. The minimum Gasteiger partial charge on any atom is -0.462 e. The lowest BCUT2D eigenvalue weighted by atomic mass is 9.98. The standard InChI is InChI=1S/C17H24ClN3O5S/c1-4-26-17(23)14-8-7-13(10-15(14)18)19-16(22)12-6-5-9-21(11-12)27(24,25)20(2)3/h7-8,10,12H,4-6,9,11H2,1-3H3,(H,19,22). The third-order valence-electron chi connectivity index (χ3n) is 4.27. The van der Waals surface area contributed by atoms with Gasteiger partial charge in [0.2, 0.25) is 5.91 Å². The highest BCUT2D eigenvalue weighted by atomic mass is 35.5. The van der Waals surface area contributed by atoms with Crippen LogP contribution in [0.15, 0.2) is 18.2 Å². The molecule has 27 heavy (non-hydrogen) atoms. The van der Waals surface area contributed by atoms with Crippen molar-refractivity contribution in [3.63, 3.8) is 0 Å². The smallest absolute Gasteiger partial charge is 0.339 e. The number of rotatable bonds is 6. The Morgan fingerprint density at radius 3 is 2.67 bits per heavy atom. The Balaban J connectivity index is 2.06. The van der Waals surface area contributed by atoms with E-state index in [0.29, 0.717) is 25.1 Å². The van der Waals surface area contributed by atoms with Gasteiger partial charge in [-0.15, -0.1) is 0 Å². The molecule has 8 nitrogen and oxygen atoms in total. The Bertz CT molecular complexity index is 813. The third-order valence-corrected chi connectivity index (χ3v) is 6.49. The average molecular weight is 418 g/mol. The largest absolute Gasteiger partial charge is 0.462 e. The third kappa shape index (κ3) is 5.19. The molecule has 1 unspecified atom stereocenters. The zero-order valence-corrected chi connectivity index (χ0v) is 17.1. The lowest BCUT2D eigenvalue weighted by Gasteiger charge is -2.32. The van der Waals surface area contributed by atoms with Gasteiger partial charge in [0, 0.05) is 32.9 Å². The monoisotopic (exact) mass is 417 g/mol. The summed E-state index contributed by atoms with van der Waals surface area (Å²) in [7, 11) is -0.624. The average Bonchev–Trinajstić information content (AvgIpc) is 2.62. The van der Waals surface area contributed by atoms with Crippen molar-refractivity contribution in [2.75, 3.05) is 39.1 Å². The molecule has 0 saturated carbocycles. The molecular formula is C17H24ClN3O5S. The molecule has 1 fully saturated rings. The van der Waals surface area contributed by atoms with E-state index in [0.717, 1.165) is 4.31 Å². The fraction of sp³-hybridized carbons (Fsp3) is 0.529. The van der Waals surface area contributed by atoms with Gasteiger partial charge in [0.25, 0.3) is 10.2 Å². The van der Waals surface area contributed by atoms with Crippen LogP contribution in [-0.2, 0) is 19.7 Å². The number of nitrogens with one attached hydrogen (secondary N) is 1. The molecule has 1 aliphatic rings. The van der Waals surface area contributed by atoms with Crippen molar-refractivity contribution >= 4 is 39.4 Å². The van der Waals surface area contributed by atoms with Gasteiger partial charge < -0.3 is 10.1 Å². The van der Waals surface area contributed by atoms with Crippen molar-refractivity contribution < 1.29 is 22.7 Å². The Hall–Kier alpha value is -1.68. The number of carbonyl (C=O) groups excluding carboxylic acids is 2. The van der Waals surface area contributed by atoms with Gasteiger partial charge in [-0.3, -0.25) is 4.79 Å². The Kier molecular flexibility index (Phi) is 7.21. The first kappa shape index (κ1) is 21.6. The topological polar surface area (TPSA) is 96.0 Å². The number of ether oxygens (including phenoxy) is 1. The molecule has 1 aromatic rings. The fourth-order valence-corrected chi connectivity index (χ4v) is 4.26. The minimum atomic E-state index is -3.55. The summed E-state index contributed by atoms with van der Waals surface area (Å²) >= 11 is 6.10. The Morgan fingerprint density at radius 2 is 2.07 bits per heavy atom. The molecule has 1 amide bonds. The molecule has 10 heteroatoms. The predicted molar refractivity (Wildman–Crippen MR) is 103 cm³/mol. The summed E-state index contributed by atoms with van der Waals surface area (Å²) in [5.74, 6) is -1.28. The van der Waals surface area contributed by atoms with E-state index in [1.54, 1.807) is 13.0 Å². The van der Waals surface area contributed by atoms with Gasteiger partial charge in [-0.25, -0.2) is 4.79 Å². The summed E-state index contributed by atoms with van der Waals surface area (Å²) in [6, 6.07) is 4.52. The molecule has 1 N–H and O–H groups in total. The molecule has 1 atom stereocenters. The highest BCUT2D eigenvalue weighted by Crippen LogP contribution is 2.25. The molecule has 0 spiro atoms. The number of esters is 1. The van der Waals surface area contributed by atoms with Gasteiger partial charge in [-0.05, 0) is 38.0 Å². The van der Waals surface area contributed by atoms with Gasteiger partial charge in [0.1, 0.15) is 0 Å². The number of piperidine rings is 1. The predicted octanol–water partition coefficient (Wildman–Crippen LogP) is 1.97. The minimum absolute atomic E-state index is 0.126. The van der Waals surface area contributed by atoms with Crippen LogP contribution in [-0.4, -0.2) is 62.7 Å². The van der Waals surface area contributed by atoms with Crippen molar-refractivity contribution in [1.82, 2.24) is 8.61 Å². The van der Waals surface area contributed by atoms with E-state index in [9.17, 15) is 18.0 Å². The van der Waals surface area contributed by atoms with Gasteiger partial charge in [-0.1, -0.05) is 11.6 Å². The first-order valence-electron chi connectivity index (χ1n) is 8.62. The van der Waals surface area contributed by atoms with Crippen LogP contribution in [0.3, 0.4) is 0 Å². The van der Waals surface area contributed by atoms with E-state index in [2.05, 4.69) is 5.32 Å². The normalized spacial score (nSPS) is 18.3. The maximum Gasteiger partial charge on any atom is 0.339 e. The lowest BCUT2D eigenvalue weighted by Crippen LogP contribution is -2.47. The van der Waals surface area contributed by atoms with Crippen LogP contribution in [0.5, 0.6) is 0 Å². The summed E-state index contributed by atoms with van der Waals surface area (Å²) in [6.07, 6.45) is 1.20. The zero-order valence-electron chi connectivity index (χ0n) is 15.6. The second-order valence-corrected chi connectivity index (χ2v) is 8.94. The number of hydrogen-bond acceptors (Lipinski definition) is 5. The molecule has 1 aliphatic heterocycles.